The van der Waals surface area contributed by atoms with E-state index in [-0.39, 0.29) is 10.9 Å². The van der Waals surface area contributed by atoms with Gasteiger partial charge in [0.25, 0.3) is 0 Å². The van der Waals surface area contributed by atoms with Crippen molar-refractivity contribution in [1.82, 2.24) is 10.0 Å². The molecule has 1 saturated carbocycles. The van der Waals surface area contributed by atoms with Gasteiger partial charge in [0.2, 0.25) is 10.0 Å². The van der Waals surface area contributed by atoms with Crippen molar-refractivity contribution in [3.8, 4) is 0 Å². The number of halogens is 1. The Morgan fingerprint density at radius 2 is 2.10 bits per heavy atom. The summed E-state index contributed by atoms with van der Waals surface area (Å²) >= 11 is 0. The molecule has 2 atom stereocenters. The first-order valence-corrected chi connectivity index (χ1v) is 8.47. The number of benzene rings is 1. The van der Waals surface area contributed by atoms with Crippen molar-refractivity contribution in [2.24, 2.45) is 5.92 Å². The topological polar surface area (TPSA) is 58.2 Å². The van der Waals surface area contributed by atoms with Gasteiger partial charge in [-0.3, -0.25) is 0 Å². The number of nitrogens with one attached hydrogen (secondary N) is 2. The Morgan fingerprint density at radius 3 is 2.65 bits per heavy atom. The van der Waals surface area contributed by atoms with E-state index < -0.39 is 15.8 Å². The van der Waals surface area contributed by atoms with E-state index in [1.54, 1.807) is 6.07 Å². The molecule has 2 rings (SSSR count). The first-order chi connectivity index (χ1) is 9.47. The van der Waals surface area contributed by atoms with E-state index in [0.29, 0.717) is 12.5 Å². The lowest BCUT2D eigenvalue weighted by Gasteiger charge is -2.09. The van der Waals surface area contributed by atoms with Gasteiger partial charge in [0.05, 0.1) is 0 Å². The molecule has 0 bridgehead atoms. The second-order valence-corrected chi connectivity index (χ2v) is 6.86. The Hall–Kier alpha value is -0.980. The molecule has 4 nitrogen and oxygen atoms in total. The molecule has 0 radical (unpaired) electrons. The normalized spacial score (nSPS) is 21.9. The van der Waals surface area contributed by atoms with Crippen molar-refractivity contribution in [3.05, 3.63) is 29.6 Å². The molecule has 1 aromatic rings. The minimum atomic E-state index is -3.75. The average molecular weight is 300 g/mol. The highest BCUT2D eigenvalue weighted by atomic mass is 32.2. The molecule has 1 aromatic carbocycles. The lowest BCUT2D eigenvalue weighted by atomic mass is 10.2. The summed E-state index contributed by atoms with van der Waals surface area (Å²) < 4.78 is 40.8. The third-order valence-electron chi connectivity index (χ3n) is 3.62. The Labute approximate surface area is 119 Å². The van der Waals surface area contributed by atoms with Crippen molar-refractivity contribution in [2.75, 3.05) is 6.54 Å². The van der Waals surface area contributed by atoms with Crippen molar-refractivity contribution < 1.29 is 12.8 Å². The van der Waals surface area contributed by atoms with Crippen LogP contribution in [0, 0.1) is 11.7 Å². The van der Waals surface area contributed by atoms with E-state index in [4.69, 9.17) is 0 Å². The van der Waals surface area contributed by atoms with Crippen LogP contribution in [0.5, 0.6) is 0 Å². The van der Waals surface area contributed by atoms with Gasteiger partial charge < -0.3 is 5.32 Å². The summed E-state index contributed by atoms with van der Waals surface area (Å²) in [5, 5.41) is 3.07. The van der Waals surface area contributed by atoms with Crippen LogP contribution in [0.2, 0.25) is 0 Å². The van der Waals surface area contributed by atoms with Crippen LogP contribution in [-0.4, -0.2) is 21.0 Å². The summed E-state index contributed by atoms with van der Waals surface area (Å²) in [6.07, 6.45) is 1.78. The van der Waals surface area contributed by atoms with Crippen LogP contribution in [0.4, 0.5) is 4.39 Å². The second-order valence-electron chi connectivity index (χ2n) is 5.18. The SMILES string of the molecule is CCNCc1ccc(S(=O)(=O)NC2CC2CC)c(F)c1. The summed E-state index contributed by atoms with van der Waals surface area (Å²) in [5.74, 6) is -0.303. The fourth-order valence-electron chi connectivity index (χ4n) is 2.25. The molecule has 0 heterocycles. The monoisotopic (exact) mass is 300 g/mol. The maximum absolute atomic E-state index is 14.0. The molecule has 112 valence electrons. The van der Waals surface area contributed by atoms with Crippen molar-refractivity contribution in [1.29, 1.82) is 0 Å². The number of hydrogen-bond donors (Lipinski definition) is 2. The van der Waals surface area contributed by atoms with Gasteiger partial charge in [0.1, 0.15) is 10.7 Å². The Morgan fingerprint density at radius 1 is 1.35 bits per heavy atom. The highest BCUT2D eigenvalue weighted by molar-refractivity contribution is 7.89. The summed E-state index contributed by atoms with van der Waals surface area (Å²) in [6.45, 7) is 5.29. The van der Waals surface area contributed by atoms with Gasteiger partial charge in [-0.1, -0.05) is 26.3 Å². The van der Waals surface area contributed by atoms with Crippen LogP contribution in [0.25, 0.3) is 0 Å². The first-order valence-electron chi connectivity index (χ1n) is 6.99. The van der Waals surface area contributed by atoms with Gasteiger partial charge in [0, 0.05) is 12.6 Å². The predicted molar refractivity (Wildman–Crippen MR) is 76.3 cm³/mol. The summed E-state index contributed by atoms with van der Waals surface area (Å²) in [7, 11) is -3.75. The van der Waals surface area contributed by atoms with E-state index in [1.165, 1.54) is 12.1 Å². The van der Waals surface area contributed by atoms with Crippen LogP contribution in [0.3, 0.4) is 0 Å². The molecule has 0 saturated heterocycles. The van der Waals surface area contributed by atoms with E-state index in [0.717, 1.165) is 24.9 Å². The van der Waals surface area contributed by atoms with Crippen molar-refractivity contribution >= 4 is 10.0 Å². The smallest absolute Gasteiger partial charge is 0.243 e. The number of sulfonamides is 1. The average Bonchev–Trinajstić information content (AvgIpc) is 3.13. The van der Waals surface area contributed by atoms with E-state index in [2.05, 4.69) is 10.0 Å². The molecule has 0 aliphatic heterocycles. The maximum atomic E-state index is 14.0. The Kier molecular flexibility index (Phi) is 4.78. The largest absolute Gasteiger partial charge is 0.313 e. The van der Waals surface area contributed by atoms with Crippen LogP contribution in [0.1, 0.15) is 32.3 Å². The fraction of sp³-hybridized carbons (Fsp3) is 0.571. The molecule has 0 spiro atoms. The molecule has 2 unspecified atom stereocenters. The van der Waals surface area contributed by atoms with E-state index in [9.17, 15) is 12.8 Å². The quantitative estimate of drug-likeness (QED) is 0.810. The van der Waals surface area contributed by atoms with Gasteiger partial charge in [0.15, 0.2) is 0 Å². The zero-order valence-corrected chi connectivity index (χ0v) is 12.6. The molecule has 1 fully saturated rings. The fourth-order valence-corrected chi connectivity index (χ4v) is 3.62. The van der Waals surface area contributed by atoms with Gasteiger partial charge in [-0.05, 0) is 36.6 Å². The molecular formula is C14H21FN2O2S. The third kappa shape index (κ3) is 3.56. The van der Waals surface area contributed by atoms with E-state index in [1.807, 2.05) is 13.8 Å². The van der Waals surface area contributed by atoms with Gasteiger partial charge in [-0.15, -0.1) is 0 Å². The Bertz CT molecular complexity index is 575. The lowest BCUT2D eigenvalue weighted by Crippen LogP contribution is -2.28. The molecule has 0 aromatic heterocycles. The van der Waals surface area contributed by atoms with Crippen LogP contribution in [0.15, 0.2) is 23.1 Å². The van der Waals surface area contributed by atoms with Crippen molar-refractivity contribution in [2.45, 2.75) is 44.2 Å². The zero-order chi connectivity index (χ0) is 14.8. The highest BCUT2D eigenvalue weighted by Gasteiger charge is 2.39. The Balaban J connectivity index is 2.11. The summed E-state index contributed by atoms with van der Waals surface area (Å²) in [6, 6.07) is 4.23. The maximum Gasteiger partial charge on any atom is 0.243 e. The van der Waals surface area contributed by atoms with Crippen LogP contribution < -0.4 is 10.0 Å². The number of rotatable bonds is 7. The number of hydrogen-bond acceptors (Lipinski definition) is 3. The standard InChI is InChI=1S/C14H21FN2O2S/c1-3-11-8-13(11)17-20(18,19)14-6-5-10(7-12(14)15)9-16-4-2/h5-7,11,13,16-17H,3-4,8-9H2,1-2H3. The first kappa shape index (κ1) is 15.4. The summed E-state index contributed by atoms with van der Waals surface area (Å²) in [5.41, 5.74) is 0.737. The second kappa shape index (κ2) is 6.20. The van der Waals surface area contributed by atoms with Gasteiger partial charge >= 0.3 is 0 Å². The zero-order valence-electron chi connectivity index (χ0n) is 11.8. The molecular weight excluding hydrogens is 279 g/mol. The molecule has 1 aliphatic carbocycles. The lowest BCUT2D eigenvalue weighted by molar-refractivity contribution is 0.552. The molecule has 6 heteroatoms. The van der Waals surface area contributed by atoms with Crippen LogP contribution >= 0.6 is 0 Å². The van der Waals surface area contributed by atoms with E-state index >= 15 is 0 Å². The predicted octanol–water partition coefficient (Wildman–Crippen LogP) is 2.01. The summed E-state index contributed by atoms with van der Waals surface area (Å²) in [4.78, 5) is -0.264. The highest BCUT2D eigenvalue weighted by Crippen LogP contribution is 2.34. The van der Waals surface area contributed by atoms with Crippen molar-refractivity contribution in [3.63, 3.8) is 0 Å². The minimum absolute atomic E-state index is 0.0363. The van der Waals surface area contributed by atoms with Crippen LogP contribution in [-0.2, 0) is 16.6 Å². The van der Waals surface area contributed by atoms with Gasteiger partial charge in [-0.2, -0.15) is 0 Å². The molecule has 0 amide bonds. The molecule has 20 heavy (non-hydrogen) atoms. The minimum Gasteiger partial charge on any atom is -0.313 e. The molecule has 2 N–H and O–H groups in total. The third-order valence-corrected chi connectivity index (χ3v) is 5.14. The van der Waals surface area contributed by atoms with Gasteiger partial charge in [-0.25, -0.2) is 17.5 Å². The molecule has 1 aliphatic rings.